The van der Waals surface area contributed by atoms with Gasteiger partial charge in [-0.15, -0.1) is 0 Å². The number of nitrogens with zero attached hydrogens (tertiary/aromatic N) is 2. The molecule has 32 heavy (non-hydrogen) atoms. The lowest BCUT2D eigenvalue weighted by molar-refractivity contribution is 0.602. The van der Waals surface area contributed by atoms with Crippen LogP contribution in [0.2, 0.25) is 0 Å². The highest BCUT2D eigenvalue weighted by atomic mass is 32.2. The second kappa shape index (κ2) is 9.22. The standard InChI is InChI=1S/C25H23FN2O2S2/c1-3-17-28(21-7-5-4-6-8-21)25-27-23(18-9-13-20(26)14-10-18)24(31-25)19-11-15-22(16-12-19)32(2,29)30/h4-16H,3,17H2,1-2H3. The summed E-state index contributed by atoms with van der Waals surface area (Å²) < 4.78 is 37.3. The number of anilines is 2. The van der Waals surface area contributed by atoms with Gasteiger partial charge in [-0.25, -0.2) is 17.8 Å². The van der Waals surface area contributed by atoms with Gasteiger partial charge in [0.2, 0.25) is 0 Å². The maximum absolute atomic E-state index is 13.6. The summed E-state index contributed by atoms with van der Waals surface area (Å²) in [6.07, 6.45) is 2.14. The van der Waals surface area contributed by atoms with Gasteiger partial charge in [0.25, 0.3) is 0 Å². The van der Waals surface area contributed by atoms with Gasteiger partial charge < -0.3 is 4.90 Å². The van der Waals surface area contributed by atoms with E-state index in [-0.39, 0.29) is 10.7 Å². The molecule has 0 saturated heterocycles. The average Bonchev–Trinajstić information content (AvgIpc) is 3.23. The highest BCUT2D eigenvalue weighted by Gasteiger charge is 2.20. The van der Waals surface area contributed by atoms with Crippen molar-refractivity contribution in [2.24, 2.45) is 0 Å². The van der Waals surface area contributed by atoms with Crippen molar-refractivity contribution in [2.75, 3.05) is 17.7 Å². The maximum atomic E-state index is 13.6. The number of halogens is 1. The summed E-state index contributed by atoms with van der Waals surface area (Å²) >= 11 is 1.54. The molecule has 0 atom stereocenters. The van der Waals surface area contributed by atoms with Crippen LogP contribution in [0.5, 0.6) is 0 Å². The zero-order valence-corrected chi connectivity index (χ0v) is 19.5. The van der Waals surface area contributed by atoms with E-state index in [0.29, 0.717) is 0 Å². The Hall–Kier alpha value is -3.03. The van der Waals surface area contributed by atoms with Gasteiger partial charge in [-0.2, -0.15) is 0 Å². The molecule has 0 aliphatic heterocycles. The smallest absolute Gasteiger partial charge is 0.191 e. The predicted molar refractivity (Wildman–Crippen MR) is 130 cm³/mol. The predicted octanol–water partition coefficient (Wildman–Crippen LogP) is 6.57. The average molecular weight is 467 g/mol. The molecule has 1 heterocycles. The molecule has 7 heteroatoms. The van der Waals surface area contributed by atoms with Crippen molar-refractivity contribution in [3.63, 3.8) is 0 Å². The number of hydrogen-bond acceptors (Lipinski definition) is 5. The van der Waals surface area contributed by atoms with E-state index in [1.54, 1.807) is 36.4 Å². The van der Waals surface area contributed by atoms with Crippen LogP contribution < -0.4 is 4.90 Å². The fourth-order valence-corrected chi connectivity index (χ4v) is 5.21. The molecule has 4 nitrogen and oxygen atoms in total. The first kappa shape index (κ1) is 22.2. The van der Waals surface area contributed by atoms with E-state index in [0.717, 1.165) is 45.5 Å². The number of rotatable bonds is 7. The number of para-hydroxylation sites is 1. The van der Waals surface area contributed by atoms with Crippen molar-refractivity contribution >= 4 is 32.0 Å². The second-order valence-corrected chi connectivity index (χ2v) is 10.5. The van der Waals surface area contributed by atoms with Crippen LogP contribution in [0.3, 0.4) is 0 Å². The summed E-state index contributed by atoms with van der Waals surface area (Å²) in [7, 11) is -3.28. The topological polar surface area (TPSA) is 50.3 Å². The van der Waals surface area contributed by atoms with E-state index in [1.807, 2.05) is 18.2 Å². The lowest BCUT2D eigenvalue weighted by Crippen LogP contribution is -2.17. The van der Waals surface area contributed by atoms with Crippen molar-refractivity contribution < 1.29 is 12.8 Å². The first-order valence-electron chi connectivity index (χ1n) is 10.3. The van der Waals surface area contributed by atoms with Crippen LogP contribution >= 0.6 is 11.3 Å². The molecule has 0 aliphatic rings. The Morgan fingerprint density at radius 2 is 1.53 bits per heavy atom. The van der Waals surface area contributed by atoms with Crippen molar-refractivity contribution in [1.29, 1.82) is 0 Å². The van der Waals surface area contributed by atoms with Gasteiger partial charge in [0.05, 0.1) is 15.5 Å². The zero-order chi connectivity index (χ0) is 22.7. The molecule has 0 unspecified atom stereocenters. The summed E-state index contributed by atoms with van der Waals surface area (Å²) in [5.74, 6) is -0.305. The Labute approximate surface area is 191 Å². The minimum absolute atomic E-state index is 0.270. The van der Waals surface area contributed by atoms with E-state index in [2.05, 4.69) is 24.0 Å². The van der Waals surface area contributed by atoms with Crippen LogP contribution in [0.25, 0.3) is 21.7 Å². The Morgan fingerprint density at radius 3 is 2.12 bits per heavy atom. The zero-order valence-electron chi connectivity index (χ0n) is 17.8. The molecule has 0 amide bonds. The second-order valence-electron chi connectivity index (χ2n) is 7.46. The van der Waals surface area contributed by atoms with E-state index in [1.165, 1.54) is 29.7 Å². The Morgan fingerprint density at radius 1 is 0.906 bits per heavy atom. The first-order valence-corrected chi connectivity index (χ1v) is 13.0. The highest BCUT2D eigenvalue weighted by molar-refractivity contribution is 7.90. The molecular weight excluding hydrogens is 443 g/mol. The minimum Gasteiger partial charge on any atom is -0.318 e. The van der Waals surface area contributed by atoms with Crippen molar-refractivity contribution in [2.45, 2.75) is 18.2 Å². The molecule has 0 spiro atoms. The molecule has 0 fully saturated rings. The Balaban J connectivity index is 1.86. The summed E-state index contributed by atoms with van der Waals surface area (Å²) in [6.45, 7) is 2.92. The fourth-order valence-electron chi connectivity index (χ4n) is 3.44. The van der Waals surface area contributed by atoms with Gasteiger partial charge in [-0.05, 0) is 60.5 Å². The molecule has 0 radical (unpaired) electrons. The number of benzene rings is 3. The summed E-state index contributed by atoms with van der Waals surface area (Å²) in [5.41, 5.74) is 3.47. The third-order valence-corrected chi connectivity index (χ3v) is 7.28. The van der Waals surface area contributed by atoms with Crippen LogP contribution in [-0.2, 0) is 9.84 Å². The van der Waals surface area contributed by atoms with Gasteiger partial charge in [-0.3, -0.25) is 0 Å². The highest BCUT2D eigenvalue weighted by Crippen LogP contribution is 2.42. The molecule has 4 rings (SSSR count). The molecular formula is C25H23FN2O2S2. The Bertz CT molecular complexity index is 1300. The number of thiazole rings is 1. The minimum atomic E-state index is -3.28. The van der Waals surface area contributed by atoms with Crippen molar-refractivity contribution in [3.05, 3.63) is 84.7 Å². The van der Waals surface area contributed by atoms with Gasteiger partial charge in [-0.1, -0.05) is 48.6 Å². The van der Waals surface area contributed by atoms with Crippen molar-refractivity contribution in [3.8, 4) is 21.7 Å². The molecule has 0 saturated carbocycles. The van der Waals surface area contributed by atoms with E-state index in [9.17, 15) is 12.8 Å². The lowest BCUT2D eigenvalue weighted by Gasteiger charge is -2.21. The quantitative estimate of drug-likeness (QED) is 0.309. The van der Waals surface area contributed by atoms with Crippen LogP contribution in [0.1, 0.15) is 13.3 Å². The largest absolute Gasteiger partial charge is 0.318 e. The van der Waals surface area contributed by atoms with Gasteiger partial charge >= 0.3 is 0 Å². The monoisotopic (exact) mass is 466 g/mol. The first-order chi connectivity index (χ1) is 15.4. The molecule has 0 bridgehead atoms. The molecule has 1 aromatic heterocycles. The van der Waals surface area contributed by atoms with E-state index >= 15 is 0 Å². The van der Waals surface area contributed by atoms with Gasteiger partial charge in [0.15, 0.2) is 15.0 Å². The fraction of sp³-hybridized carbons (Fsp3) is 0.160. The normalized spacial score (nSPS) is 11.5. The molecule has 3 aromatic carbocycles. The van der Waals surface area contributed by atoms with Crippen molar-refractivity contribution in [1.82, 2.24) is 4.98 Å². The van der Waals surface area contributed by atoms with E-state index in [4.69, 9.17) is 4.98 Å². The van der Waals surface area contributed by atoms with Crippen LogP contribution in [-0.4, -0.2) is 26.2 Å². The number of hydrogen-bond donors (Lipinski definition) is 0. The SMILES string of the molecule is CCCN(c1ccccc1)c1nc(-c2ccc(F)cc2)c(-c2ccc(S(C)(=O)=O)cc2)s1. The molecule has 0 aliphatic carbocycles. The molecule has 4 aromatic rings. The van der Waals surface area contributed by atoms with E-state index < -0.39 is 9.84 Å². The summed E-state index contributed by atoms with van der Waals surface area (Å²) in [5, 5.41) is 0.833. The Kier molecular flexibility index (Phi) is 6.39. The molecule has 0 N–H and O–H groups in total. The number of aromatic nitrogens is 1. The van der Waals surface area contributed by atoms with Crippen LogP contribution in [0.15, 0.2) is 83.8 Å². The third-order valence-electron chi connectivity index (χ3n) is 5.02. The lowest BCUT2D eigenvalue weighted by atomic mass is 10.1. The summed E-state index contributed by atoms with van der Waals surface area (Å²) in [4.78, 5) is 8.31. The van der Waals surface area contributed by atoms with Gasteiger partial charge in [0, 0.05) is 24.1 Å². The van der Waals surface area contributed by atoms with Gasteiger partial charge in [0.1, 0.15) is 5.82 Å². The maximum Gasteiger partial charge on any atom is 0.191 e. The summed E-state index contributed by atoms with van der Waals surface area (Å²) in [6, 6.07) is 23.2. The van der Waals surface area contributed by atoms with Crippen LogP contribution in [0.4, 0.5) is 15.2 Å². The third kappa shape index (κ3) is 4.74. The molecule has 164 valence electrons. The van der Waals surface area contributed by atoms with Crippen LogP contribution in [0, 0.1) is 5.82 Å². The number of sulfone groups is 1.